The zero-order valence-electron chi connectivity index (χ0n) is 23.3. The molecule has 0 saturated carbocycles. The molecular formula is C37H38N2. The van der Waals surface area contributed by atoms with E-state index in [1.165, 1.54) is 89.5 Å². The van der Waals surface area contributed by atoms with Gasteiger partial charge in [-0.15, -0.1) is 0 Å². The van der Waals surface area contributed by atoms with Gasteiger partial charge in [0.25, 0.3) is 0 Å². The highest BCUT2D eigenvalue weighted by molar-refractivity contribution is 5.66. The number of aryl methyl sites for hydroxylation is 4. The van der Waals surface area contributed by atoms with Crippen LogP contribution in [0.1, 0.15) is 78.3 Å². The minimum Gasteiger partial charge on any atom is -0.192 e. The Kier molecular flexibility index (Phi) is 10.1. The van der Waals surface area contributed by atoms with E-state index in [1.807, 2.05) is 48.5 Å². The molecule has 0 aliphatic rings. The first-order valence-corrected chi connectivity index (χ1v) is 14.3. The van der Waals surface area contributed by atoms with Gasteiger partial charge in [0.2, 0.25) is 0 Å². The normalized spacial score (nSPS) is 10.7. The Balaban J connectivity index is 1.11. The summed E-state index contributed by atoms with van der Waals surface area (Å²) in [6.45, 7) is 4.43. The van der Waals surface area contributed by atoms with Crippen molar-refractivity contribution in [2.75, 3.05) is 0 Å². The average Bonchev–Trinajstić information content (AvgIpc) is 2.97. The summed E-state index contributed by atoms with van der Waals surface area (Å²) in [5.74, 6) is 0. The van der Waals surface area contributed by atoms with Crippen LogP contribution in [0.25, 0.3) is 22.3 Å². The molecule has 0 fully saturated rings. The van der Waals surface area contributed by atoms with Crippen LogP contribution in [0.3, 0.4) is 0 Å². The molecule has 0 radical (unpaired) electrons. The number of nitrogens with zero attached hydrogens (tertiary/aromatic N) is 2. The first-order valence-electron chi connectivity index (χ1n) is 14.3. The van der Waals surface area contributed by atoms with Crippen molar-refractivity contribution in [3.8, 4) is 34.4 Å². The Morgan fingerprint density at radius 1 is 0.436 bits per heavy atom. The summed E-state index contributed by atoms with van der Waals surface area (Å²) >= 11 is 0. The van der Waals surface area contributed by atoms with Gasteiger partial charge in [-0.2, -0.15) is 10.5 Å². The fraction of sp³-hybridized carbons (Fsp3) is 0.297. The van der Waals surface area contributed by atoms with Crippen molar-refractivity contribution in [1.82, 2.24) is 0 Å². The molecule has 0 bridgehead atoms. The maximum absolute atomic E-state index is 9.00. The van der Waals surface area contributed by atoms with E-state index in [0.29, 0.717) is 11.1 Å². The lowest BCUT2D eigenvalue weighted by Crippen LogP contribution is -1.92. The van der Waals surface area contributed by atoms with Crippen LogP contribution in [-0.4, -0.2) is 0 Å². The van der Waals surface area contributed by atoms with Crippen molar-refractivity contribution in [1.29, 1.82) is 10.5 Å². The van der Waals surface area contributed by atoms with Crippen molar-refractivity contribution in [2.45, 2.75) is 71.6 Å². The van der Waals surface area contributed by atoms with Gasteiger partial charge < -0.3 is 0 Å². The summed E-state index contributed by atoms with van der Waals surface area (Å²) in [6, 6.07) is 33.6. The molecule has 0 aliphatic heterocycles. The standard InChI is InChI=1S/C37H38N2/c1-28-24-36(34-16-12-30(26-38)13-17-34)22-20-32(28)10-8-6-4-3-5-7-9-11-33-21-23-37(25-29(33)2)35-18-14-31(27-39)15-19-35/h12-25H,3-11H2,1-2H3. The number of unbranched alkanes of at least 4 members (excludes halogenated alkanes) is 6. The summed E-state index contributed by atoms with van der Waals surface area (Å²) in [7, 11) is 0. The van der Waals surface area contributed by atoms with Crippen LogP contribution >= 0.6 is 0 Å². The highest BCUT2D eigenvalue weighted by atomic mass is 14.2. The molecule has 2 heteroatoms. The van der Waals surface area contributed by atoms with Crippen LogP contribution in [0, 0.1) is 36.5 Å². The lowest BCUT2D eigenvalue weighted by atomic mass is 9.95. The van der Waals surface area contributed by atoms with Gasteiger partial charge >= 0.3 is 0 Å². The third-order valence-electron chi connectivity index (χ3n) is 7.77. The predicted molar refractivity (Wildman–Crippen MR) is 162 cm³/mol. The van der Waals surface area contributed by atoms with Gasteiger partial charge in [0, 0.05) is 0 Å². The fourth-order valence-corrected chi connectivity index (χ4v) is 5.30. The zero-order chi connectivity index (χ0) is 27.5. The highest BCUT2D eigenvalue weighted by Gasteiger charge is 2.05. The van der Waals surface area contributed by atoms with E-state index in [2.05, 4.69) is 62.4 Å². The third kappa shape index (κ3) is 7.92. The number of hydrogen-bond acceptors (Lipinski definition) is 2. The van der Waals surface area contributed by atoms with Gasteiger partial charge in [-0.3, -0.25) is 0 Å². The summed E-state index contributed by atoms with van der Waals surface area (Å²) < 4.78 is 0. The molecule has 196 valence electrons. The first kappa shape index (κ1) is 27.9. The predicted octanol–water partition coefficient (Wildman–Crippen LogP) is 9.90. The second-order valence-electron chi connectivity index (χ2n) is 10.6. The summed E-state index contributed by atoms with van der Waals surface area (Å²) in [6.07, 6.45) is 11.4. The molecule has 0 N–H and O–H groups in total. The highest BCUT2D eigenvalue weighted by Crippen LogP contribution is 2.25. The Bertz CT molecular complexity index is 1330. The molecule has 0 unspecified atom stereocenters. The van der Waals surface area contributed by atoms with Gasteiger partial charge in [-0.1, -0.05) is 92.8 Å². The topological polar surface area (TPSA) is 47.6 Å². The Morgan fingerprint density at radius 3 is 1.10 bits per heavy atom. The largest absolute Gasteiger partial charge is 0.192 e. The van der Waals surface area contributed by atoms with Gasteiger partial charge in [0.05, 0.1) is 23.3 Å². The van der Waals surface area contributed by atoms with Gasteiger partial charge in [0.1, 0.15) is 0 Å². The lowest BCUT2D eigenvalue weighted by molar-refractivity contribution is 0.578. The van der Waals surface area contributed by atoms with Crippen LogP contribution in [-0.2, 0) is 12.8 Å². The molecule has 0 atom stereocenters. The van der Waals surface area contributed by atoms with Gasteiger partial charge in [0.15, 0.2) is 0 Å². The molecule has 39 heavy (non-hydrogen) atoms. The summed E-state index contributed by atoms with van der Waals surface area (Å²) in [5.41, 5.74) is 11.8. The van der Waals surface area contributed by atoms with Crippen LogP contribution in [0.2, 0.25) is 0 Å². The molecule has 0 amide bonds. The molecule has 0 aliphatic carbocycles. The van der Waals surface area contributed by atoms with Crippen molar-refractivity contribution in [2.24, 2.45) is 0 Å². The van der Waals surface area contributed by atoms with E-state index < -0.39 is 0 Å². The molecule has 0 heterocycles. The lowest BCUT2D eigenvalue weighted by Gasteiger charge is -2.10. The molecule has 0 spiro atoms. The summed E-state index contributed by atoms with van der Waals surface area (Å²) in [4.78, 5) is 0. The Labute approximate surface area is 234 Å². The number of hydrogen-bond donors (Lipinski definition) is 0. The monoisotopic (exact) mass is 510 g/mol. The summed E-state index contributed by atoms with van der Waals surface area (Å²) in [5, 5.41) is 18.0. The van der Waals surface area contributed by atoms with Crippen LogP contribution in [0.15, 0.2) is 84.9 Å². The average molecular weight is 511 g/mol. The Morgan fingerprint density at radius 2 is 0.769 bits per heavy atom. The molecule has 0 aromatic heterocycles. The smallest absolute Gasteiger partial charge is 0.0991 e. The van der Waals surface area contributed by atoms with E-state index >= 15 is 0 Å². The van der Waals surface area contributed by atoms with E-state index in [1.54, 1.807) is 0 Å². The van der Waals surface area contributed by atoms with Crippen molar-refractivity contribution < 1.29 is 0 Å². The third-order valence-corrected chi connectivity index (χ3v) is 7.77. The second kappa shape index (κ2) is 14.1. The molecule has 0 saturated heterocycles. The SMILES string of the molecule is Cc1cc(-c2ccc(C#N)cc2)ccc1CCCCCCCCCc1ccc(-c2ccc(C#N)cc2)cc1C. The Hall–Kier alpha value is -4.14. The van der Waals surface area contributed by atoms with Gasteiger partial charge in [-0.25, -0.2) is 0 Å². The maximum Gasteiger partial charge on any atom is 0.0991 e. The van der Waals surface area contributed by atoms with Crippen LogP contribution in [0.4, 0.5) is 0 Å². The van der Waals surface area contributed by atoms with E-state index in [9.17, 15) is 0 Å². The number of rotatable bonds is 12. The number of nitriles is 2. The minimum absolute atomic E-state index is 0.703. The fourth-order valence-electron chi connectivity index (χ4n) is 5.30. The van der Waals surface area contributed by atoms with Crippen LogP contribution in [0.5, 0.6) is 0 Å². The van der Waals surface area contributed by atoms with Gasteiger partial charge in [-0.05, 0) is 108 Å². The molecule has 4 rings (SSSR count). The molecular weight excluding hydrogens is 472 g/mol. The minimum atomic E-state index is 0.703. The van der Waals surface area contributed by atoms with Crippen LogP contribution < -0.4 is 0 Å². The van der Waals surface area contributed by atoms with Crippen molar-refractivity contribution in [3.05, 3.63) is 118 Å². The second-order valence-corrected chi connectivity index (χ2v) is 10.6. The zero-order valence-corrected chi connectivity index (χ0v) is 23.3. The maximum atomic E-state index is 9.00. The molecule has 4 aromatic rings. The quantitative estimate of drug-likeness (QED) is 0.178. The van der Waals surface area contributed by atoms with Crippen molar-refractivity contribution >= 4 is 0 Å². The first-order chi connectivity index (χ1) is 19.1. The number of benzene rings is 4. The van der Waals surface area contributed by atoms with Crippen molar-refractivity contribution in [3.63, 3.8) is 0 Å². The van der Waals surface area contributed by atoms with E-state index in [0.717, 1.165) is 12.8 Å². The molecule has 2 nitrogen and oxygen atoms in total. The molecule has 4 aromatic carbocycles. The van der Waals surface area contributed by atoms with E-state index in [-0.39, 0.29) is 0 Å². The van der Waals surface area contributed by atoms with E-state index in [4.69, 9.17) is 10.5 Å².